The van der Waals surface area contributed by atoms with E-state index in [1.807, 2.05) is 12.1 Å². The van der Waals surface area contributed by atoms with E-state index in [9.17, 15) is 4.79 Å². The molecule has 0 aliphatic heterocycles. The Balaban J connectivity index is 2.21. The van der Waals surface area contributed by atoms with E-state index in [4.69, 9.17) is 11.0 Å². The predicted molar refractivity (Wildman–Crippen MR) is 70.0 cm³/mol. The predicted octanol–water partition coefficient (Wildman–Crippen LogP) is 1.79. The molecule has 4 nitrogen and oxygen atoms in total. The van der Waals surface area contributed by atoms with Crippen LogP contribution in [-0.4, -0.2) is 18.5 Å². The lowest BCUT2D eigenvalue weighted by molar-refractivity contribution is -0.116. The summed E-state index contributed by atoms with van der Waals surface area (Å²) < 4.78 is 0. The molecule has 1 aromatic carbocycles. The molecule has 1 aliphatic carbocycles. The molecular weight excluding hydrogens is 226 g/mol. The van der Waals surface area contributed by atoms with E-state index in [1.54, 1.807) is 12.1 Å². The SMILES string of the molecule is N#Cc1ccc(N(CC(N)=O)C2CCCC2)cc1. The van der Waals surface area contributed by atoms with E-state index < -0.39 is 0 Å². The van der Waals surface area contributed by atoms with Crippen molar-refractivity contribution in [3.05, 3.63) is 29.8 Å². The van der Waals surface area contributed by atoms with Crippen LogP contribution >= 0.6 is 0 Å². The second-order valence-corrected chi connectivity index (χ2v) is 4.69. The van der Waals surface area contributed by atoms with Crippen molar-refractivity contribution in [2.45, 2.75) is 31.7 Å². The molecule has 18 heavy (non-hydrogen) atoms. The first-order valence-corrected chi connectivity index (χ1v) is 6.26. The van der Waals surface area contributed by atoms with Gasteiger partial charge in [0.2, 0.25) is 5.91 Å². The molecule has 0 aromatic heterocycles. The molecule has 0 spiro atoms. The first-order chi connectivity index (χ1) is 8.70. The third-order valence-electron chi connectivity index (χ3n) is 3.42. The number of hydrogen-bond acceptors (Lipinski definition) is 3. The molecule has 1 saturated carbocycles. The molecule has 4 heteroatoms. The Labute approximate surface area is 107 Å². The van der Waals surface area contributed by atoms with Gasteiger partial charge in [-0.2, -0.15) is 5.26 Å². The smallest absolute Gasteiger partial charge is 0.236 e. The maximum atomic E-state index is 11.2. The molecule has 0 radical (unpaired) electrons. The zero-order valence-corrected chi connectivity index (χ0v) is 10.3. The topological polar surface area (TPSA) is 70.1 Å². The quantitative estimate of drug-likeness (QED) is 0.876. The lowest BCUT2D eigenvalue weighted by Crippen LogP contribution is -2.40. The molecule has 94 valence electrons. The van der Waals surface area contributed by atoms with Gasteiger partial charge in [-0.05, 0) is 37.1 Å². The summed E-state index contributed by atoms with van der Waals surface area (Å²) in [6.45, 7) is 0.247. The highest BCUT2D eigenvalue weighted by molar-refractivity contribution is 5.79. The van der Waals surface area contributed by atoms with E-state index in [0.717, 1.165) is 18.5 Å². The minimum absolute atomic E-state index is 0.247. The van der Waals surface area contributed by atoms with E-state index in [2.05, 4.69) is 11.0 Å². The van der Waals surface area contributed by atoms with Gasteiger partial charge in [0.05, 0.1) is 18.2 Å². The van der Waals surface area contributed by atoms with Crippen molar-refractivity contribution >= 4 is 11.6 Å². The summed E-state index contributed by atoms with van der Waals surface area (Å²) in [4.78, 5) is 13.3. The van der Waals surface area contributed by atoms with Crippen LogP contribution < -0.4 is 10.6 Å². The van der Waals surface area contributed by atoms with Gasteiger partial charge in [0.25, 0.3) is 0 Å². The van der Waals surface area contributed by atoms with Crippen LogP contribution in [0.25, 0.3) is 0 Å². The standard InChI is InChI=1S/C14H17N3O/c15-9-11-5-7-13(8-6-11)17(10-14(16)18)12-3-1-2-4-12/h5-8,12H,1-4,10H2,(H2,16,18). The monoisotopic (exact) mass is 243 g/mol. The first kappa shape index (κ1) is 12.4. The number of nitrogens with two attached hydrogens (primary N) is 1. The third-order valence-corrected chi connectivity index (χ3v) is 3.42. The van der Waals surface area contributed by atoms with Crippen molar-refractivity contribution in [3.63, 3.8) is 0 Å². The summed E-state index contributed by atoms with van der Waals surface area (Å²) in [5, 5.41) is 8.79. The lowest BCUT2D eigenvalue weighted by Gasteiger charge is -2.30. The molecule has 1 aliphatic rings. The molecule has 0 unspecified atom stereocenters. The molecular formula is C14H17N3O. The van der Waals surface area contributed by atoms with Crippen LogP contribution in [0.4, 0.5) is 5.69 Å². The molecule has 2 rings (SSSR count). The highest BCUT2D eigenvalue weighted by Gasteiger charge is 2.23. The van der Waals surface area contributed by atoms with Gasteiger partial charge in [-0.15, -0.1) is 0 Å². The number of amides is 1. The molecule has 0 heterocycles. The zero-order chi connectivity index (χ0) is 13.0. The molecule has 2 N–H and O–H groups in total. The molecule has 1 fully saturated rings. The maximum absolute atomic E-state index is 11.2. The van der Waals surface area contributed by atoms with Crippen molar-refractivity contribution in [1.82, 2.24) is 0 Å². The van der Waals surface area contributed by atoms with Crippen LogP contribution in [0, 0.1) is 11.3 Å². The highest BCUT2D eigenvalue weighted by atomic mass is 16.1. The number of nitriles is 1. The van der Waals surface area contributed by atoms with Crippen LogP contribution in [-0.2, 0) is 4.79 Å². The molecule has 1 aromatic rings. The van der Waals surface area contributed by atoms with Gasteiger partial charge >= 0.3 is 0 Å². The molecule has 0 saturated heterocycles. The van der Waals surface area contributed by atoms with E-state index in [1.165, 1.54) is 12.8 Å². The molecule has 0 bridgehead atoms. The molecule has 1 amide bonds. The summed E-state index contributed by atoms with van der Waals surface area (Å²) >= 11 is 0. The normalized spacial score (nSPS) is 15.3. The fraction of sp³-hybridized carbons (Fsp3) is 0.429. The van der Waals surface area contributed by atoms with Gasteiger partial charge in [-0.1, -0.05) is 12.8 Å². The number of primary amides is 1. The van der Waals surface area contributed by atoms with Crippen LogP contribution in [0.15, 0.2) is 24.3 Å². The van der Waals surface area contributed by atoms with Crippen LogP contribution in [0.2, 0.25) is 0 Å². The molecule has 0 atom stereocenters. The average molecular weight is 243 g/mol. The summed E-state index contributed by atoms with van der Waals surface area (Å²) in [7, 11) is 0. The van der Waals surface area contributed by atoms with Gasteiger partial charge in [0.1, 0.15) is 0 Å². The number of rotatable bonds is 4. The van der Waals surface area contributed by atoms with E-state index in [-0.39, 0.29) is 12.5 Å². The van der Waals surface area contributed by atoms with Crippen LogP contribution in [0.1, 0.15) is 31.2 Å². The minimum atomic E-state index is -0.314. The van der Waals surface area contributed by atoms with Crippen molar-refractivity contribution in [3.8, 4) is 6.07 Å². The van der Waals surface area contributed by atoms with E-state index in [0.29, 0.717) is 11.6 Å². The fourth-order valence-electron chi connectivity index (χ4n) is 2.54. The Morgan fingerprint density at radius 1 is 1.33 bits per heavy atom. The second kappa shape index (κ2) is 5.54. The van der Waals surface area contributed by atoms with E-state index >= 15 is 0 Å². The van der Waals surface area contributed by atoms with Gasteiger partial charge < -0.3 is 10.6 Å². The summed E-state index contributed by atoms with van der Waals surface area (Å²) in [6.07, 6.45) is 4.62. The van der Waals surface area contributed by atoms with Gasteiger partial charge in [-0.25, -0.2) is 0 Å². The Bertz CT molecular complexity index is 455. The van der Waals surface area contributed by atoms with Crippen molar-refractivity contribution < 1.29 is 4.79 Å². The maximum Gasteiger partial charge on any atom is 0.236 e. The Morgan fingerprint density at radius 2 is 1.94 bits per heavy atom. The zero-order valence-electron chi connectivity index (χ0n) is 10.3. The fourth-order valence-corrected chi connectivity index (χ4v) is 2.54. The van der Waals surface area contributed by atoms with Crippen LogP contribution in [0.3, 0.4) is 0 Å². The Morgan fingerprint density at radius 3 is 2.44 bits per heavy atom. The number of anilines is 1. The highest BCUT2D eigenvalue weighted by Crippen LogP contribution is 2.28. The number of hydrogen-bond donors (Lipinski definition) is 1. The van der Waals surface area contributed by atoms with Crippen molar-refractivity contribution in [2.24, 2.45) is 5.73 Å². The Hall–Kier alpha value is -2.02. The van der Waals surface area contributed by atoms with Crippen LogP contribution in [0.5, 0.6) is 0 Å². The Kier molecular flexibility index (Phi) is 3.83. The largest absolute Gasteiger partial charge is 0.368 e. The number of carbonyl (C=O) groups excluding carboxylic acids is 1. The lowest BCUT2D eigenvalue weighted by atomic mass is 10.1. The van der Waals surface area contributed by atoms with Gasteiger partial charge in [0, 0.05) is 11.7 Å². The average Bonchev–Trinajstić information content (AvgIpc) is 2.89. The number of carbonyl (C=O) groups is 1. The van der Waals surface area contributed by atoms with Crippen molar-refractivity contribution in [1.29, 1.82) is 5.26 Å². The van der Waals surface area contributed by atoms with Gasteiger partial charge in [-0.3, -0.25) is 4.79 Å². The second-order valence-electron chi connectivity index (χ2n) is 4.69. The van der Waals surface area contributed by atoms with Crippen molar-refractivity contribution in [2.75, 3.05) is 11.4 Å². The number of benzene rings is 1. The summed E-state index contributed by atoms with van der Waals surface area (Å²) in [5.41, 5.74) is 6.92. The van der Waals surface area contributed by atoms with Gasteiger partial charge in [0.15, 0.2) is 0 Å². The number of nitrogens with zero attached hydrogens (tertiary/aromatic N) is 2. The minimum Gasteiger partial charge on any atom is -0.368 e. The third kappa shape index (κ3) is 2.80. The first-order valence-electron chi connectivity index (χ1n) is 6.26. The summed E-state index contributed by atoms with van der Waals surface area (Å²) in [5.74, 6) is -0.314. The summed E-state index contributed by atoms with van der Waals surface area (Å²) in [6, 6.07) is 9.82.